The standard InChI is InChI=1S/C11H21N3O/c1-14-9-6-11(13-14)5-3-4-7-12-8-10-15-2/h6,9,12H,3-5,7-8,10H2,1-2H3. The third-order valence-electron chi connectivity index (χ3n) is 2.29. The summed E-state index contributed by atoms with van der Waals surface area (Å²) in [5.74, 6) is 0. The van der Waals surface area contributed by atoms with Gasteiger partial charge in [-0.25, -0.2) is 0 Å². The van der Waals surface area contributed by atoms with Gasteiger partial charge in [0, 0.05) is 26.9 Å². The summed E-state index contributed by atoms with van der Waals surface area (Å²) in [5.41, 5.74) is 1.19. The highest BCUT2D eigenvalue weighted by atomic mass is 16.5. The van der Waals surface area contributed by atoms with Crippen LogP contribution in [0.1, 0.15) is 18.5 Å². The maximum atomic E-state index is 4.95. The van der Waals surface area contributed by atoms with Crippen LogP contribution >= 0.6 is 0 Å². The number of aryl methyl sites for hydroxylation is 2. The van der Waals surface area contributed by atoms with Gasteiger partial charge in [0.05, 0.1) is 12.3 Å². The second kappa shape index (κ2) is 7.43. The van der Waals surface area contributed by atoms with E-state index >= 15 is 0 Å². The van der Waals surface area contributed by atoms with Crippen molar-refractivity contribution in [1.29, 1.82) is 0 Å². The Hall–Kier alpha value is -0.870. The summed E-state index contributed by atoms with van der Waals surface area (Å²) in [6.07, 6.45) is 5.45. The molecule has 15 heavy (non-hydrogen) atoms. The van der Waals surface area contributed by atoms with Gasteiger partial charge in [-0.2, -0.15) is 5.10 Å². The summed E-state index contributed by atoms with van der Waals surface area (Å²) < 4.78 is 6.80. The average Bonchev–Trinajstić information content (AvgIpc) is 2.63. The van der Waals surface area contributed by atoms with E-state index in [0.717, 1.165) is 26.1 Å². The maximum absolute atomic E-state index is 4.95. The van der Waals surface area contributed by atoms with Gasteiger partial charge in [-0.3, -0.25) is 4.68 Å². The number of hydrogen-bond donors (Lipinski definition) is 1. The molecular formula is C11H21N3O. The minimum Gasteiger partial charge on any atom is -0.383 e. The van der Waals surface area contributed by atoms with Crippen LogP contribution in [0.3, 0.4) is 0 Å². The molecule has 0 spiro atoms. The van der Waals surface area contributed by atoms with Gasteiger partial charge >= 0.3 is 0 Å². The molecule has 1 N–H and O–H groups in total. The second-order valence-electron chi connectivity index (χ2n) is 3.68. The molecule has 0 amide bonds. The van der Waals surface area contributed by atoms with E-state index < -0.39 is 0 Å². The first kappa shape index (κ1) is 12.2. The Labute approximate surface area is 91.6 Å². The van der Waals surface area contributed by atoms with E-state index in [4.69, 9.17) is 4.74 Å². The molecule has 0 saturated heterocycles. The van der Waals surface area contributed by atoms with E-state index in [1.54, 1.807) is 7.11 Å². The summed E-state index contributed by atoms with van der Waals surface area (Å²) in [7, 11) is 3.68. The van der Waals surface area contributed by atoms with Crippen LogP contribution in [0.25, 0.3) is 0 Å². The van der Waals surface area contributed by atoms with Gasteiger partial charge < -0.3 is 10.1 Å². The molecule has 86 valence electrons. The number of rotatable bonds is 8. The fraction of sp³-hybridized carbons (Fsp3) is 0.727. The molecule has 0 unspecified atom stereocenters. The third-order valence-corrected chi connectivity index (χ3v) is 2.29. The Bertz CT molecular complexity index is 260. The Morgan fingerprint density at radius 1 is 1.40 bits per heavy atom. The van der Waals surface area contributed by atoms with Crippen LogP contribution in [0.4, 0.5) is 0 Å². The monoisotopic (exact) mass is 211 g/mol. The van der Waals surface area contributed by atoms with Gasteiger partial charge in [0.2, 0.25) is 0 Å². The van der Waals surface area contributed by atoms with E-state index in [0.29, 0.717) is 0 Å². The lowest BCUT2D eigenvalue weighted by Gasteiger charge is -2.02. The highest BCUT2D eigenvalue weighted by Crippen LogP contribution is 2.00. The van der Waals surface area contributed by atoms with Crippen LogP contribution in [-0.4, -0.2) is 36.6 Å². The predicted molar refractivity (Wildman–Crippen MR) is 60.9 cm³/mol. The first-order valence-corrected chi connectivity index (χ1v) is 5.51. The minimum atomic E-state index is 0.792. The lowest BCUT2D eigenvalue weighted by atomic mass is 10.2. The van der Waals surface area contributed by atoms with Crippen molar-refractivity contribution in [2.75, 3.05) is 26.8 Å². The molecule has 0 radical (unpaired) electrons. The molecule has 0 fully saturated rings. The lowest BCUT2D eigenvalue weighted by molar-refractivity contribution is 0.199. The molecule has 4 heteroatoms. The number of aromatic nitrogens is 2. The molecule has 0 aliphatic heterocycles. The molecule has 0 bridgehead atoms. The van der Waals surface area contributed by atoms with E-state index in [9.17, 15) is 0 Å². The van der Waals surface area contributed by atoms with Gasteiger partial charge in [-0.05, 0) is 31.9 Å². The largest absolute Gasteiger partial charge is 0.383 e. The molecule has 1 aromatic heterocycles. The van der Waals surface area contributed by atoms with E-state index in [1.807, 2.05) is 17.9 Å². The van der Waals surface area contributed by atoms with Crippen molar-refractivity contribution in [3.05, 3.63) is 18.0 Å². The van der Waals surface area contributed by atoms with Gasteiger partial charge in [0.25, 0.3) is 0 Å². The quantitative estimate of drug-likeness (QED) is 0.651. The van der Waals surface area contributed by atoms with Crippen LogP contribution in [0.5, 0.6) is 0 Å². The molecule has 0 aromatic carbocycles. The maximum Gasteiger partial charge on any atom is 0.0624 e. The number of methoxy groups -OCH3 is 1. The zero-order valence-electron chi connectivity index (χ0n) is 9.70. The van der Waals surface area contributed by atoms with Crippen LogP contribution in [0.15, 0.2) is 12.3 Å². The summed E-state index contributed by atoms with van der Waals surface area (Å²) in [6, 6.07) is 2.08. The number of ether oxygens (including phenoxy) is 1. The SMILES string of the molecule is COCCNCCCCc1ccn(C)n1. The third kappa shape index (κ3) is 5.54. The Morgan fingerprint density at radius 3 is 2.93 bits per heavy atom. The number of nitrogens with one attached hydrogen (secondary N) is 1. The first-order valence-electron chi connectivity index (χ1n) is 5.51. The summed E-state index contributed by atoms with van der Waals surface area (Å²) in [6.45, 7) is 2.80. The summed E-state index contributed by atoms with van der Waals surface area (Å²) >= 11 is 0. The van der Waals surface area contributed by atoms with E-state index in [-0.39, 0.29) is 0 Å². The van der Waals surface area contributed by atoms with Gasteiger partial charge in [-0.15, -0.1) is 0 Å². The Morgan fingerprint density at radius 2 is 2.27 bits per heavy atom. The lowest BCUT2D eigenvalue weighted by Crippen LogP contribution is -2.20. The molecule has 1 heterocycles. The van der Waals surface area contributed by atoms with E-state index in [1.165, 1.54) is 18.5 Å². The molecular weight excluding hydrogens is 190 g/mol. The first-order chi connectivity index (χ1) is 7.33. The van der Waals surface area contributed by atoms with Crippen molar-refractivity contribution >= 4 is 0 Å². The number of hydrogen-bond acceptors (Lipinski definition) is 3. The zero-order valence-corrected chi connectivity index (χ0v) is 9.70. The molecule has 4 nitrogen and oxygen atoms in total. The van der Waals surface area contributed by atoms with Crippen molar-refractivity contribution in [1.82, 2.24) is 15.1 Å². The van der Waals surface area contributed by atoms with Crippen molar-refractivity contribution in [2.45, 2.75) is 19.3 Å². The second-order valence-corrected chi connectivity index (χ2v) is 3.68. The van der Waals surface area contributed by atoms with Crippen LogP contribution in [0, 0.1) is 0 Å². The number of nitrogens with zero attached hydrogens (tertiary/aromatic N) is 2. The Kier molecular flexibility index (Phi) is 6.04. The highest BCUT2D eigenvalue weighted by molar-refractivity contribution is 4.98. The minimum absolute atomic E-state index is 0.792. The topological polar surface area (TPSA) is 39.1 Å². The van der Waals surface area contributed by atoms with E-state index in [2.05, 4.69) is 16.5 Å². The molecule has 0 atom stereocenters. The summed E-state index contributed by atoms with van der Waals surface area (Å²) in [4.78, 5) is 0. The van der Waals surface area contributed by atoms with Crippen LogP contribution < -0.4 is 5.32 Å². The fourth-order valence-electron chi connectivity index (χ4n) is 1.45. The smallest absolute Gasteiger partial charge is 0.0624 e. The fourth-order valence-corrected chi connectivity index (χ4v) is 1.45. The van der Waals surface area contributed by atoms with Gasteiger partial charge in [0.15, 0.2) is 0 Å². The van der Waals surface area contributed by atoms with Crippen molar-refractivity contribution in [3.63, 3.8) is 0 Å². The van der Waals surface area contributed by atoms with Crippen LogP contribution in [0.2, 0.25) is 0 Å². The molecule has 0 aliphatic carbocycles. The van der Waals surface area contributed by atoms with Crippen molar-refractivity contribution < 1.29 is 4.74 Å². The van der Waals surface area contributed by atoms with Crippen molar-refractivity contribution in [2.24, 2.45) is 7.05 Å². The zero-order chi connectivity index (χ0) is 10.9. The van der Waals surface area contributed by atoms with Crippen LogP contribution in [-0.2, 0) is 18.2 Å². The normalized spacial score (nSPS) is 10.8. The molecule has 1 aromatic rings. The molecule has 0 saturated carbocycles. The van der Waals surface area contributed by atoms with Gasteiger partial charge in [-0.1, -0.05) is 0 Å². The molecule has 1 rings (SSSR count). The predicted octanol–water partition coefficient (Wildman–Crippen LogP) is 0.979. The Balaban J connectivity index is 1.93. The van der Waals surface area contributed by atoms with Gasteiger partial charge in [0.1, 0.15) is 0 Å². The average molecular weight is 211 g/mol. The van der Waals surface area contributed by atoms with Crippen molar-refractivity contribution in [3.8, 4) is 0 Å². The molecule has 0 aliphatic rings. The summed E-state index contributed by atoms with van der Waals surface area (Å²) in [5, 5.41) is 7.66. The number of unbranched alkanes of at least 4 members (excludes halogenated alkanes) is 1. The highest BCUT2D eigenvalue weighted by Gasteiger charge is 1.96.